The minimum absolute atomic E-state index is 0.0701. The number of carbonyl (C=O) groups excluding carboxylic acids is 1. The molecule has 0 atom stereocenters. The Kier molecular flexibility index (Phi) is 5.60. The standard InChI is InChI=1S/C17H17ClN2O3/c1-3-23-14-7-4-12(5-8-14)11(2)19-20-17(22)15-10-13(18)6-9-16(15)21/h4-10,21H,3H2,1-2H3,(H,20,22). The van der Waals surface area contributed by atoms with Crippen LogP contribution in [0.1, 0.15) is 29.8 Å². The van der Waals surface area contributed by atoms with Gasteiger partial charge in [-0.15, -0.1) is 0 Å². The average Bonchev–Trinajstić information content (AvgIpc) is 2.55. The second-order valence-electron chi connectivity index (χ2n) is 4.76. The van der Waals surface area contributed by atoms with Crippen molar-refractivity contribution < 1.29 is 14.6 Å². The maximum Gasteiger partial charge on any atom is 0.275 e. The summed E-state index contributed by atoms with van der Waals surface area (Å²) in [4.78, 5) is 12.0. The molecule has 0 saturated heterocycles. The van der Waals surface area contributed by atoms with Crippen LogP contribution in [0.3, 0.4) is 0 Å². The van der Waals surface area contributed by atoms with E-state index in [1.807, 2.05) is 31.2 Å². The molecule has 6 heteroatoms. The van der Waals surface area contributed by atoms with Gasteiger partial charge in [-0.05, 0) is 61.9 Å². The Labute approximate surface area is 139 Å². The predicted octanol–water partition coefficient (Wildman–Crippen LogP) is 3.60. The lowest BCUT2D eigenvalue weighted by Gasteiger charge is -2.06. The molecule has 0 bridgehead atoms. The first-order chi connectivity index (χ1) is 11.0. The summed E-state index contributed by atoms with van der Waals surface area (Å²) in [6.07, 6.45) is 0. The number of hydrogen-bond acceptors (Lipinski definition) is 4. The molecular formula is C17H17ClN2O3. The third-order valence-corrected chi connectivity index (χ3v) is 3.35. The topological polar surface area (TPSA) is 70.9 Å². The third kappa shape index (κ3) is 4.47. The monoisotopic (exact) mass is 332 g/mol. The van der Waals surface area contributed by atoms with Crippen LogP contribution >= 0.6 is 11.6 Å². The van der Waals surface area contributed by atoms with Gasteiger partial charge in [-0.1, -0.05) is 11.6 Å². The molecule has 0 fully saturated rings. The van der Waals surface area contributed by atoms with Gasteiger partial charge in [0.2, 0.25) is 0 Å². The molecule has 0 aliphatic carbocycles. The Bertz CT molecular complexity index is 727. The Morgan fingerprint density at radius 3 is 2.61 bits per heavy atom. The molecule has 23 heavy (non-hydrogen) atoms. The fraction of sp³-hybridized carbons (Fsp3) is 0.176. The number of nitrogens with zero attached hydrogens (tertiary/aromatic N) is 1. The van der Waals surface area contributed by atoms with E-state index in [1.54, 1.807) is 6.92 Å². The fourth-order valence-electron chi connectivity index (χ4n) is 1.91. The van der Waals surface area contributed by atoms with Crippen LogP contribution in [0.2, 0.25) is 5.02 Å². The molecule has 2 aromatic carbocycles. The molecule has 0 spiro atoms. The number of hydrogen-bond donors (Lipinski definition) is 2. The lowest BCUT2D eigenvalue weighted by molar-refractivity contribution is 0.0952. The van der Waals surface area contributed by atoms with Gasteiger partial charge in [-0.3, -0.25) is 4.79 Å². The van der Waals surface area contributed by atoms with Crippen molar-refractivity contribution in [3.63, 3.8) is 0 Å². The highest BCUT2D eigenvalue weighted by Gasteiger charge is 2.11. The van der Waals surface area contributed by atoms with Crippen LogP contribution in [0.4, 0.5) is 0 Å². The minimum Gasteiger partial charge on any atom is -0.507 e. The first-order valence-electron chi connectivity index (χ1n) is 7.07. The third-order valence-electron chi connectivity index (χ3n) is 3.11. The molecule has 0 unspecified atom stereocenters. The van der Waals surface area contributed by atoms with Crippen LogP contribution in [0.15, 0.2) is 47.6 Å². The molecule has 0 radical (unpaired) electrons. The van der Waals surface area contributed by atoms with E-state index < -0.39 is 5.91 Å². The number of amides is 1. The van der Waals surface area contributed by atoms with Crippen molar-refractivity contribution in [2.45, 2.75) is 13.8 Å². The average molecular weight is 333 g/mol. The molecule has 0 aromatic heterocycles. The molecule has 2 aromatic rings. The van der Waals surface area contributed by atoms with Gasteiger partial charge < -0.3 is 9.84 Å². The van der Waals surface area contributed by atoms with Crippen LogP contribution in [0, 0.1) is 0 Å². The first kappa shape index (κ1) is 16.8. The zero-order valence-corrected chi connectivity index (χ0v) is 13.6. The molecule has 5 nitrogen and oxygen atoms in total. The van der Waals surface area contributed by atoms with Gasteiger partial charge in [0.25, 0.3) is 5.91 Å². The second kappa shape index (κ2) is 7.65. The summed E-state index contributed by atoms with van der Waals surface area (Å²) in [5, 5.41) is 14.1. The summed E-state index contributed by atoms with van der Waals surface area (Å²) in [7, 11) is 0. The van der Waals surface area contributed by atoms with Crippen LogP contribution in [-0.2, 0) is 0 Å². The minimum atomic E-state index is -0.532. The van der Waals surface area contributed by atoms with Gasteiger partial charge in [0.05, 0.1) is 17.9 Å². The molecule has 0 heterocycles. The molecule has 2 N–H and O–H groups in total. The van der Waals surface area contributed by atoms with Crippen molar-refractivity contribution in [3.05, 3.63) is 58.6 Å². The van der Waals surface area contributed by atoms with Crippen molar-refractivity contribution >= 4 is 23.2 Å². The number of phenols is 1. The van der Waals surface area contributed by atoms with Crippen molar-refractivity contribution in [2.24, 2.45) is 5.10 Å². The number of halogens is 1. The number of phenolic OH excluding ortho intramolecular Hbond substituents is 1. The number of nitrogens with one attached hydrogen (secondary N) is 1. The van der Waals surface area contributed by atoms with E-state index >= 15 is 0 Å². The normalized spacial score (nSPS) is 11.2. The second-order valence-corrected chi connectivity index (χ2v) is 5.19. The molecular weight excluding hydrogens is 316 g/mol. The van der Waals surface area contributed by atoms with E-state index in [2.05, 4.69) is 10.5 Å². The molecule has 1 amide bonds. The summed E-state index contributed by atoms with van der Waals surface area (Å²) in [5.74, 6) is 0.0908. The van der Waals surface area contributed by atoms with E-state index in [9.17, 15) is 9.90 Å². The van der Waals surface area contributed by atoms with Gasteiger partial charge in [-0.2, -0.15) is 5.10 Å². The van der Waals surface area contributed by atoms with Crippen LogP contribution in [-0.4, -0.2) is 23.3 Å². The lowest BCUT2D eigenvalue weighted by Crippen LogP contribution is -2.19. The fourth-order valence-corrected chi connectivity index (χ4v) is 2.08. The van der Waals surface area contributed by atoms with Crippen LogP contribution < -0.4 is 10.2 Å². The summed E-state index contributed by atoms with van der Waals surface area (Å²) in [5.41, 5.74) is 3.95. The van der Waals surface area contributed by atoms with Gasteiger partial charge in [-0.25, -0.2) is 5.43 Å². The van der Waals surface area contributed by atoms with Crippen LogP contribution in [0.5, 0.6) is 11.5 Å². The molecule has 0 aliphatic heterocycles. The quantitative estimate of drug-likeness (QED) is 0.649. The van der Waals surface area contributed by atoms with Gasteiger partial charge in [0.15, 0.2) is 0 Å². The molecule has 0 aliphatic rings. The predicted molar refractivity (Wildman–Crippen MR) is 90.4 cm³/mol. The maximum absolute atomic E-state index is 12.0. The van der Waals surface area contributed by atoms with E-state index in [0.29, 0.717) is 17.3 Å². The van der Waals surface area contributed by atoms with Crippen molar-refractivity contribution in [1.82, 2.24) is 5.43 Å². The van der Waals surface area contributed by atoms with Gasteiger partial charge in [0.1, 0.15) is 11.5 Å². The SMILES string of the molecule is CCOc1ccc(C(C)=NNC(=O)c2cc(Cl)ccc2O)cc1. The zero-order valence-electron chi connectivity index (χ0n) is 12.8. The van der Waals surface area contributed by atoms with E-state index in [4.69, 9.17) is 16.3 Å². The molecule has 0 saturated carbocycles. The smallest absolute Gasteiger partial charge is 0.275 e. The van der Waals surface area contributed by atoms with Crippen LogP contribution in [0.25, 0.3) is 0 Å². The van der Waals surface area contributed by atoms with E-state index in [1.165, 1.54) is 18.2 Å². The number of ether oxygens (including phenoxy) is 1. The number of rotatable bonds is 5. The summed E-state index contributed by atoms with van der Waals surface area (Å²) >= 11 is 5.82. The number of hydrazone groups is 1. The highest BCUT2D eigenvalue weighted by atomic mass is 35.5. The lowest BCUT2D eigenvalue weighted by atomic mass is 10.1. The van der Waals surface area contributed by atoms with Gasteiger partial charge in [0, 0.05) is 5.02 Å². The Morgan fingerprint density at radius 2 is 1.96 bits per heavy atom. The number of aromatic hydroxyl groups is 1. The Morgan fingerprint density at radius 1 is 1.26 bits per heavy atom. The van der Waals surface area contributed by atoms with E-state index in [-0.39, 0.29) is 11.3 Å². The van der Waals surface area contributed by atoms with Crippen molar-refractivity contribution in [2.75, 3.05) is 6.61 Å². The first-order valence-corrected chi connectivity index (χ1v) is 7.45. The summed E-state index contributed by atoms with van der Waals surface area (Å²) < 4.78 is 5.37. The zero-order chi connectivity index (χ0) is 16.8. The molecule has 120 valence electrons. The van der Waals surface area contributed by atoms with Crippen molar-refractivity contribution in [3.8, 4) is 11.5 Å². The van der Waals surface area contributed by atoms with E-state index in [0.717, 1.165) is 11.3 Å². The number of benzene rings is 2. The Balaban J connectivity index is 2.09. The van der Waals surface area contributed by atoms with Crippen molar-refractivity contribution in [1.29, 1.82) is 0 Å². The largest absolute Gasteiger partial charge is 0.507 e. The maximum atomic E-state index is 12.0. The van der Waals surface area contributed by atoms with Gasteiger partial charge >= 0.3 is 0 Å². The summed E-state index contributed by atoms with van der Waals surface area (Å²) in [6.45, 7) is 4.29. The highest BCUT2D eigenvalue weighted by molar-refractivity contribution is 6.31. The highest BCUT2D eigenvalue weighted by Crippen LogP contribution is 2.21. The Hall–Kier alpha value is -2.53. The summed E-state index contributed by atoms with van der Waals surface area (Å²) in [6, 6.07) is 11.6. The molecule has 2 rings (SSSR count). The number of carbonyl (C=O) groups is 1.